The zero-order valence-corrected chi connectivity index (χ0v) is 10.3. The Morgan fingerprint density at radius 1 is 1.41 bits per heavy atom. The molecule has 0 radical (unpaired) electrons. The van der Waals surface area contributed by atoms with Crippen LogP contribution in [0.1, 0.15) is 25.7 Å². The van der Waals surface area contributed by atoms with E-state index >= 15 is 0 Å². The second-order valence-electron chi connectivity index (χ2n) is 5.65. The zero-order valence-electron chi connectivity index (χ0n) is 9.53. The lowest BCUT2D eigenvalue weighted by molar-refractivity contribution is 0.340. The van der Waals surface area contributed by atoms with Gasteiger partial charge in [-0.3, -0.25) is 4.57 Å². The Hall–Kier alpha value is -1.03. The van der Waals surface area contributed by atoms with Crippen molar-refractivity contribution in [1.82, 2.24) is 9.55 Å². The molecule has 1 aromatic rings. The van der Waals surface area contributed by atoms with E-state index in [-0.39, 0.29) is 5.69 Å². The van der Waals surface area contributed by atoms with E-state index in [1.165, 1.54) is 25.7 Å². The molecule has 3 heterocycles. The van der Waals surface area contributed by atoms with Crippen molar-refractivity contribution in [2.24, 2.45) is 5.41 Å². The van der Waals surface area contributed by atoms with E-state index in [1.807, 2.05) is 6.07 Å². The Labute approximate surface area is 104 Å². The highest BCUT2D eigenvalue weighted by Crippen LogP contribution is 2.54. The summed E-state index contributed by atoms with van der Waals surface area (Å²) in [5.41, 5.74) is 0.351. The van der Waals surface area contributed by atoms with Gasteiger partial charge in [-0.25, -0.2) is 4.79 Å². The van der Waals surface area contributed by atoms with E-state index < -0.39 is 0 Å². The van der Waals surface area contributed by atoms with Gasteiger partial charge in [-0.2, -0.15) is 4.98 Å². The van der Waals surface area contributed by atoms with Crippen molar-refractivity contribution in [3.8, 4) is 0 Å². The van der Waals surface area contributed by atoms with Crippen LogP contribution in [0.15, 0.2) is 10.9 Å². The van der Waals surface area contributed by atoms with Crippen molar-refractivity contribution in [2.45, 2.75) is 38.3 Å². The molecular formula is C12H14ClN3O. The Bertz CT molecular complexity index is 549. The summed E-state index contributed by atoms with van der Waals surface area (Å²) in [6.07, 6.45) is 5.20. The van der Waals surface area contributed by atoms with Gasteiger partial charge in [-0.15, -0.1) is 0 Å². The largest absolute Gasteiger partial charge is 0.352 e. The van der Waals surface area contributed by atoms with Crippen LogP contribution >= 0.6 is 11.6 Å². The highest BCUT2D eigenvalue weighted by molar-refractivity contribution is 6.29. The van der Waals surface area contributed by atoms with E-state index in [4.69, 9.17) is 11.6 Å². The first kappa shape index (κ1) is 9.95. The molecule has 0 unspecified atom stereocenters. The van der Waals surface area contributed by atoms with Gasteiger partial charge in [-0.05, 0) is 31.1 Å². The van der Waals surface area contributed by atoms with Crippen LogP contribution in [0.5, 0.6) is 0 Å². The SMILES string of the molecule is O=c1nc(Cl)cc2n1C[C@@H]1CCC3(CC3)CN21. The summed E-state index contributed by atoms with van der Waals surface area (Å²) in [6, 6.07) is 2.32. The lowest BCUT2D eigenvalue weighted by Gasteiger charge is -2.36. The maximum Gasteiger partial charge on any atom is 0.350 e. The molecule has 1 saturated carbocycles. The molecule has 2 fully saturated rings. The molecule has 1 saturated heterocycles. The van der Waals surface area contributed by atoms with Crippen LogP contribution in [0.25, 0.3) is 0 Å². The second-order valence-corrected chi connectivity index (χ2v) is 6.04. The molecule has 1 aliphatic carbocycles. The molecule has 1 atom stereocenters. The van der Waals surface area contributed by atoms with Crippen molar-refractivity contribution in [3.63, 3.8) is 0 Å². The number of nitrogens with zero attached hydrogens (tertiary/aromatic N) is 3. The van der Waals surface area contributed by atoms with E-state index in [9.17, 15) is 4.79 Å². The number of aromatic nitrogens is 2. The maximum atomic E-state index is 11.8. The number of fused-ring (bicyclic) bond motifs is 3. The van der Waals surface area contributed by atoms with Gasteiger partial charge in [0, 0.05) is 25.2 Å². The molecule has 1 spiro atoms. The standard InChI is InChI=1S/C12H14ClN3O/c13-9-5-10-15(11(17)14-9)6-8-1-2-12(3-4-12)7-16(8)10/h5,8H,1-4,6-7H2/t8-/m0/s1. The highest BCUT2D eigenvalue weighted by atomic mass is 35.5. The molecule has 4 rings (SSSR count). The topological polar surface area (TPSA) is 38.1 Å². The fourth-order valence-electron chi connectivity index (χ4n) is 3.33. The number of anilines is 1. The second kappa shape index (κ2) is 3.05. The summed E-state index contributed by atoms with van der Waals surface area (Å²) in [4.78, 5) is 18.0. The van der Waals surface area contributed by atoms with Crippen molar-refractivity contribution in [3.05, 3.63) is 21.7 Å². The van der Waals surface area contributed by atoms with Crippen molar-refractivity contribution >= 4 is 17.4 Å². The molecule has 90 valence electrons. The minimum Gasteiger partial charge on any atom is -0.352 e. The number of hydrogen-bond acceptors (Lipinski definition) is 3. The fraction of sp³-hybridized carbons (Fsp3) is 0.667. The zero-order chi connectivity index (χ0) is 11.6. The predicted octanol–water partition coefficient (Wildman–Crippen LogP) is 1.66. The van der Waals surface area contributed by atoms with Crippen LogP contribution < -0.4 is 10.6 Å². The van der Waals surface area contributed by atoms with Gasteiger partial charge in [0.1, 0.15) is 11.0 Å². The number of piperidine rings is 1. The molecule has 0 N–H and O–H groups in total. The fourth-order valence-corrected chi connectivity index (χ4v) is 3.50. The van der Waals surface area contributed by atoms with Gasteiger partial charge in [-0.1, -0.05) is 11.6 Å². The van der Waals surface area contributed by atoms with Gasteiger partial charge >= 0.3 is 5.69 Å². The van der Waals surface area contributed by atoms with Crippen molar-refractivity contribution in [2.75, 3.05) is 11.4 Å². The van der Waals surface area contributed by atoms with Crippen molar-refractivity contribution in [1.29, 1.82) is 0 Å². The molecular weight excluding hydrogens is 238 g/mol. The molecule has 1 aromatic heterocycles. The molecule has 2 aliphatic heterocycles. The minimum absolute atomic E-state index is 0.202. The number of halogens is 1. The summed E-state index contributed by atoms with van der Waals surface area (Å²) < 4.78 is 1.78. The molecule has 5 heteroatoms. The third-order valence-corrected chi connectivity index (χ3v) is 4.75. The first-order valence-corrected chi connectivity index (χ1v) is 6.59. The van der Waals surface area contributed by atoms with Gasteiger partial charge in [0.05, 0.1) is 0 Å². The molecule has 0 aromatic carbocycles. The molecule has 17 heavy (non-hydrogen) atoms. The van der Waals surface area contributed by atoms with Crippen LogP contribution in [0.3, 0.4) is 0 Å². The summed E-state index contributed by atoms with van der Waals surface area (Å²) in [7, 11) is 0. The Balaban J connectivity index is 1.80. The smallest absolute Gasteiger partial charge is 0.350 e. The lowest BCUT2D eigenvalue weighted by atomic mass is 9.91. The van der Waals surface area contributed by atoms with E-state index in [2.05, 4.69) is 9.88 Å². The Kier molecular flexibility index (Phi) is 1.78. The van der Waals surface area contributed by atoms with Crippen LogP contribution in [0.4, 0.5) is 5.82 Å². The van der Waals surface area contributed by atoms with E-state index in [0.717, 1.165) is 18.9 Å². The first-order valence-electron chi connectivity index (χ1n) is 6.21. The summed E-state index contributed by atoms with van der Waals surface area (Å²) in [5, 5.41) is 0.317. The van der Waals surface area contributed by atoms with Gasteiger partial charge < -0.3 is 4.90 Å². The van der Waals surface area contributed by atoms with Crippen LogP contribution in [-0.4, -0.2) is 22.1 Å². The minimum atomic E-state index is -0.202. The molecule has 0 amide bonds. The maximum absolute atomic E-state index is 11.8. The summed E-state index contributed by atoms with van der Waals surface area (Å²) in [6.45, 7) is 1.88. The third-order valence-electron chi connectivity index (χ3n) is 4.56. The van der Waals surface area contributed by atoms with Gasteiger partial charge in [0.2, 0.25) is 0 Å². The average Bonchev–Trinajstić information content (AvgIpc) is 2.93. The number of hydrogen-bond donors (Lipinski definition) is 0. The summed E-state index contributed by atoms with van der Waals surface area (Å²) >= 11 is 5.90. The normalized spacial score (nSPS) is 28.1. The van der Waals surface area contributed by atoms with Crippen LogP contribution in [0, 0.1) is 5.41 Å². The monoisotopic (exact) mass is 251 g/mol. The molecule has 0 bridgehead atoms. The lowest BCUT2D eigenvalue weighted by Crippen LogP contribution is -2.41. The Morgan fingerprint density at radius 3 is 3.00 bits per heavy atom. The first-order chi connectivity index (χ1) is 8.17. The van der Waals surface area contributed by atoms with E-state index in [0.29, 0.717) is 16.6 Å². The number of rotatable bonds is 0. The summed E-state index contributed by atoms with van der Waals surface area (Å²) in [5.74, 6) is 0.978. The van der Waals surface area contributed by atoms with Crippen molar-refractivity contribution < 1.29 is 0 Å². The van der Waals surface area contributed by atoms with Gasteiger partial charge in [0.25, 0.3) is 0 Å². The Morgan fingerprint density at radius 2 is 2.24 bits per heavy atom. The van der Waals surface area contributed by atoms with Crippen LogP contribution in [-0.2, 0) is 6.54 Å². The highest BCUT2D eigenvalue weighted by Gasteiger charge is 2.50. The van der Waals surface area contributed by atoms with Crippen LogP contribution in [0.2, 0.25) is 5.15 Å². The third kappa shape index (κ3) is 1.36. The average molecular weight is 252 g/mol. The van der Waals surface area contributed by atoms with E-state index in [1.54, 1.807) is 4.57 Å². The molecule has 3 aliphatic rings. The predicted molar refractivity (Wildman–Crippen MR) is 65.5 cm³/mol. The quantitative estimate of drug-likeness (QED) is 0.659. The van der Waals surface area contributed by atoms with Gasteiger partial charge in [0.15, 0.2) is 0 Å². The molecule has 4 nitrogen and oxygen atoms in total.